The van der Waals surface area contributed by atoms with Crippen molar-refractivity contribution in [1.29, 1.82) is 0 Å². The van der Waals surface area contributed by atoms with Crippen molar-refractivity contribution in [2.75, 3.05) is 0 Å². The summed E-state index contributed by atoms with van der Waals surface area (Å²) in [7, 11) is 0. The SMILES string of the molecule is CCCC#Cc1ccc(C(=O)NO)cc1. The van der Waals surface area contributed by atoms with Crippen LogP contribution >= 0.6 is 0 Å². The fourth-order valence-corrected chi connectivity index (χ4v) is 1.06. The molecule has 0 aromatic heterocycles. The molecule has 1 rings (SSSR count). The summed E-state index contributed by atoms with van der Waals surface area (Å²) in [5, 5.41) is 8.40. The van der Waals surface area contributed by atoms with E-state index in [0.29, 0.717) is 5.56 Å². The summed E-state index contributed by atoms with van der Waals surface area (Å²) in [5.74, 6) is 5.49. The van der Waals surface area contributed by atoms with Crippen LogP contribution in [0, 0.1) is 11.8 Å². The second kappa shape index (κ2) is 5.84. The average molecular weight is 203 g/mol. The van der Waals surface area contributed by atoms with Crippen LogP contribution in [0.3, 0.4) is 0 Å². The Morgan fingerprint density at radius 1 is 1.40 bits per heavy atom. The molecule has 0 atom stereocenters. The van der Waals surface area contributed by atoms with Gasteiger partial charge in [-0.15, -0.1) is 0 Å². The Hall–Kier alpha value is -1.79. The number of hydroxylamine groups is 1. The van der Waals surface area contributed by atoms with Gasteiger partial charge in [0.2, 0.25) is 0 Å². The van der Waals surface area contributed by atoms with E-state index >= 15 is 0 Å². The van der Waals surface area contributed by atoms with Gasteiger partial charge < -0.3 is 0 Å². The fraction of sp³-hybridized carbons (Fsp3) is 0.250. The van der Waals surface area contributed by atoms with Crippen molar-refractivity contribution in [2.24, 2.45) is 0 Å². The Morgan fingerprint density at radius 3 is 2.60 bits per heavy atom. The largest absolute Gasteiger partial charge is 0.288 e. The zero-order valence-electron chi connectivity index (χ0n) is 8.58. The van der Waals surface area contributed by atoms with E-state index in [1.54, 1.807) is 29.7 Å². The van der Waals surface area contributed by atoms with Gasteiger partial charge in [0.25, 0.3) is 5.91 Å². The number of nitrogens with one attached hydrogen (secondary N) is 1. The lowest BCUT2D eigenvalue weighted by molar-refractivity contribution is 0.0706. The molecular weight excluding hydrogens is 190 g/mol. The topological polar surface area (TPSA) is 49.3 Å². The number of amides is 1. The summed E-state index contributed by atoms with van der Waals surface area (Å²) in [4.78, 5) is 11.0. The van der Waals surface area contributed by atoms with Crippen LogP contribution in [0.1, 0.15) is 35.7 Å². The van der Waals surface area contributed by atoms with Gasteiger partial charge in [0, 0.05) is 17.5 Å². The van der Waals surface area contributed by atoms with E-state index in [2.05, 4.69) is 18.8 Å². The monoisotopic (exact) mass is 203 g/mol. The van der Waals surface area contributed by atoms with E-state index in [1.807, 2.05) is 0 Å². The summed E-state index contributed by atoms with van der Waals surface area (Å²) in [6.45, 7) is 2.07. The van der Waals surface area contributed by atoms with Crippen molar-refractivity contribution < 1.29 is 10.0 Å². The predicted molar refractivity (Wildman–Crippen MR) is 57.5 cm³/mol. The molecule has 0 aliphatic rings. The van der Waals surface area contributed by atoms with E-state index in [9.17, 15) is 4.79 Å². The third-order valence-electron chi connectivity index (χ3n) is 1.86. The van der Waals surface area contributed by atoms with Gasteiger partial charge in [0.1, 0.15) is 0 Å². The third kappa shape index (κ3) is 3.45. The van der Waals surface area contributed by atoms with Crippen molar-refractivity contribution in [1.82, 2.24) is 5.48 Å². The van der Waals surface area contributed by atoms with Crippen molar-refractivity contribution in [3.05, 3.63) is 35.4 Å². The normalized spacial score (nSPS) is 8.93. The van der Waals surface area contributed by atoms with E-state index in [1.165, 1.54) is 0 Å². The second-order valence-corrected chi connectivity index (χ2v) is 3.07. The van der Waals surface area contributed by atoms with Gasteiger partial charge >= 0.3 is 0 Å². The number of carbonyl (C=O) groups is 1. The summed E-state index contributed by atoms with van der Waals surface area (Å²) in [5.41, 5.74) is 2.87. The highest BCUT2D eigenvalue weighted by molar-refractivity contribution is 5.93. The van der Waals surface area contributed by atoms with E-state index < -0.39 is 5.91 Å². The first-order chi connectivity index (χ1) is 7.27. The Labute approximate surface area is 89.1 Å². The quantitative estimate of drug-likeness (QED) is 0.438. The van der Waals surface area contributed by atoms with Crippen molar-refractivity contribution in [3.63, 3.8) is 0 Å². The fourth-order valence-electron chi connectivity index (χ4n) is 1.06. The molecule has 0 aliphatic heterocycles. The molecule has 2 N–H and O–H groups in total. The molecule has 0 bridgehead atoms. The standard InChI is InChI=1S/C12H13NO2/c1-2-3-4-5-10-6-8-11(9-7-10)12(14)13-15/h6-9,15H,2-3H2,1H3,(H,13,14). The summed E-state index contributed by atoms with van der Waals surface area (Å²) < 4.78 is 0. The van der Waals surface area contributed by atoms with Crippen LogP contribution in [-0.4, -0.2) is 11.1 Å². The molecule has 1 aromatic carbocycles. The Bertz CT molecular complexity index is 384. The molecular formula is C12H13NO2. The second-order valence-electron chi connectivity index (χ2n) is 3.07. The van der Waals surface area contributed by atoms with Crippen LogP contribution in [0.15, 0.2) is 24.3 Å². The summed E-state index contributed by atoms with van der Waals surface area (Å²) in [6.07, 6.45) is 1.91. The maximum atomic E-state index is 11.0. The minimum absolute atomic E-state index is 0.415. The maximum Gasteiger partial charge on any atom is 0.274 e. The minimum Gasteiger partial charge on any atom is -0.288 e. The van der Waals surface area contributed by atoms with Crippen LogP contribution in [-0.2, 0) is 0 Å². The zero-order valence-corrected chi connectivity index (χ0v) is 8.58. The number of carbonyl (C=O) groups excluding carboxylic acids is 1. The zero-order chi connectivity index (χ0) is 11.1. The van der Waals surface area contributed by atoms with Gasteiger partial charge in [0.05, 0.1) is 0 Å². The molecule has 1 aromatic rings. The molecule has 78 valence electrons. The van der Waals surface area contributed by atoms with Gasteiger partial charge in [0.15, 0.2) is 0 Å². The minimum atomic E-state index is -0.511. The van der Waals surface area contributed by atoms with Crippen LogP contribution < -0.4 is 5.48 Å². The highest BCUT2D eigenvalue weighted by atomic mass is 16.5. The van der Waals surface area contributed by atoms with Crippen molar-refractivity contribution in [2.45, 2.75) is 19.8 Å². The van der Waals surface area contributed by atoms with E-state index in [4.69, 9.17) is 5.21 Å². The van der Waals surface area contributed by atoms with Gasteiger partial charge in [-0.05, 0) is 30.7 Å². The lowest BCUT2D eigenvalue weighted by Crippen LogP contribution is -2.18. The number of hydrogen-bond donors (Lipinski definition) is 2. The molecule has 0 spiro atoms. The van der Waals surface area contributed by atoms with Crippen molar-refractivity contribution in [3.8, 4) is 11.8 Å². The molecule has 15 heavy (non-hydrogen) atoms. The highest BCUT2D eigenvalue weighted by Crippen LogP contribution is 2.03. The molecule has 3 heteroatoms. The van der Waals surface area contributed by atoms with Gasteiger partial charge in [-0.25, -0.2) is 5.48 Å². The molecule has 0 saturated heterocycles. The molecule has 3 nitrogen and oxygen atoms in total. The smallest absolute Gasteiger partial charge is 0.274 e. The van der Waals surface area contributed by atoms with Crippen LogP contribution in [0.25, 0.3) is 0 Å². The lowest BCUT2D eigenvalue weighted by atomic mass is 10.1. The predicted octanol–water partition coefficient (Wildman–Crippen LogP) is 1.96. The molecule has 0 heterocycles. The molecule has 0 unspecified atom stereocenters. The number of benzene rings is 1. The Morgan fingerprint density at radius 2 is 2.07 bits per heavy atom. The van der Waals surface area contributed by atoms with Gasteiger partial charge in [-0.1, -0.05) is 18.8 Å². The van der Waals surface area contributed by atoms with Crippen LogP contribution in [0.2, 0.25) is 0 Å². The number of rotatable bonds is 2. The molecule has 0 saturated carbocycles. The van der Waals surface area contributed by atoms with Crippen LogP contribution in [0.4, 0.5) is 0 Å². The summed E-state index contributed by atoms with van der Waals surface area (Å²) in [6, 6.07) is 6.77. The first-order valence-corrected chi connectivity index (χ1v) is 4.81. The number of hydrogen-bond acceptors (Lipinski definition) is 2. The maximum absolute atomic E-state index is 11.0. The lowest BCUT2D eigenvalue weighted by Gasteiger charge is -1.97. The molecule has 0 fully saturated rings. The molecule has 0 aliphatic carbocycles. The first-order valence-electron chi connectivity index (χ1n) is 4.81. The average Bonchev–Trinajstić information content (AvgIpc) is 2.29. The van der Waals surface area contributed by atoms with Gasteiger partial charge in [-0.2, -0.15) is 0 Å². The first kappa shape index (κ1) is 11.3. The van der Waals surface area contributed by atoms with Crippen molar-refractivity contribution >= 4 is 5.91 Å². The highest BCUT2D eigenvalue weighted by Gasteiger charge is 2.01. The molecule has 1 amide bonds. The summed E-state index contributed by atoms with van der Waals surface area (Å²) >= 11 is 0. The van der Waals surface area contributed by atoms with E-state index in [-0.39, 0.29) is 0 Å². The third-order valence-corrected chi connectivity index (χ3v) is 1.86. The Kier molecular flexibility index (Phi) is 4.39. The van der Waals surface area contributed by atoms with Crippen LogP contribution in [0.5, 0.6) is 0 Å². The van der Waals surface area contributed by atoms with Gasteiger partial charge in [-0.3, -0.25) is 10.0 Å². The molecule has 0 radical (unpaired) electrons. The Balaban J connectivity index is 2.73. The number of unbranched alkanes of at least 4 members (excludes halogenated alkanes) is 1. The van der Waals surface area contributed by atoms with E-state index in [0.717, 1.165) is 18.4 Å².